The largest absolute Gasteiger partial charge is 0.345 e. The molecule has 5 nitrogen and oxygen atoms in total. The van der Waals surface area contributed by atoms with E-state index in [4.69, 9.17) is 0 Å². The molecule has 0 atom stereocenters. The first-order valence-electron chi connectivity index (χ1n) is 8.49. The molecule has 1 heterocycles. The topological polar surface area (TPSA) is 66.5 Å². The normalized spacial score (nSPS) is 22.6. The number of nitrogens with one attached hydrogen (secondary N) is 1. The Kier molecular flexibility index (Phi) is 5.11. The molecule has 0 spiro atoms. The molecule has 1 N–H and O–H groups in total. The fourth-order valence-electron chi connectivity index (χ4n) is 3.74. The van der Waals surface area contributed by atoms with Crippen LogP contribution in [0, 0.1) is 11.6 Å². The first-order chi connectivity index (χ1) is 11.8. The quantitative estimate of drug-likeness (QED) is 0.872. The molecule has 1 aliphatic heterocycles. The third kappa shape index (κ3) is 4.17. The predicted molar refractivity (Wildman–Crippen MR) is 89.7 cm³/mol. The van der Waals surface area contributed by atoms with E-state index in [1.54, 1.807) is 4.90 Å². The third-order valence-electron chi connectivity index (χ3n) is 5.09. The number of halogens is 2. The first kappa shape index (κ1) is 18.3. The highest BCUT2D eigenvalue weighted by Crippen LogP contribution is 2.40. The van der Waals surface area contributed by atoms with Crippen molar-refractivity contribution >= 4 is 15.7 Å². The summed E-state index contributed by atoms with van der Waals surface area (Å²) in [7, 11) is -3.00. The summed E-state index contributed by atoms with van der Waals surface area (Å²) in [5.41, 5.74) is -0.488. The van der Waals surface area contributed by atoms with Crippen molar-refractivity contribution in [2.24, 2.45) is 0 Å². The molecule has 0 radical (unpaired) electrons. The Morgan fingerprint density at radius 3 is 2.40 bits per heavy atom. The van der Waals surface area contributed by atoms with Gasteiger partial charge in [0.1, 0.15) is 11.6 Å². The Morgan fingerprint density at radius 1 is 1.16 bits per heavy atom. The second kappa shape index (κ2) is 6.99. The monoisotopic (exact) mass is 372 g/mol. The lowest BCUT2D eigenvalue weighted by Crippen LogP contribution is -2.50. The van der Waals surface area contributed by atoms with Crippen LogP contribution in [0.3, 0.4) is 0 Å². The lowest BCUT2D eigenvalue weighted by atomic mass is 9.87. The third-order valence-corrected chi connectivity index (χ3v) is 6.70. The van der Waals surface area contributed by atoms with Gasteiger partial charge in [0.15, 0.2) is 9.84 Å². The average molecular weight is 372 g/mol. The van der Waals surface area contributed by atoms with Gasteiger partial charge in [-0.15, -0.1) is 0 Å². The molecule has 0 unspecified atom stereocenters. The van der Waals surface area contributed by atoms with Crippen molar-refractivity contribution in [3.8, 4) is 0 Å². The number of benzene rings is 1. The number of carbonyl (C=O) groups is 1. The number of nitrogens with zero attached hydrogens (tertiary/aromatic N) is 1. The summed E-state index contributed by atoms with van der Waals surface area (Å²) in [5.74, 6) is -1.44. The molecule has 1 aliphatic carbocycles. The Labute approximate surface area is 146 Å². The fourth-order valence-corrected chi connectivity index (χ4v) is 5.01. The van der Waals surface area contributed by atoms with Crippen molar-refractivity contribution in [3.63, 3.8) is 0 Å². The molecule has 138 valence electrons. The van der Waals surface area contributed by atoms with Gasteiger partial charge >= 0.3 is 0 Å². The molecule has 2 fully saturated rings. The molecule has 1 aromatic rings. The van der Waals surface area contributed by atoms with Gasteiger partial charge in [0, 0.05) is 24.7 Å². The number of hydrogen-bond acceptors (Lipinski definition) is 4. The van der Waals surface area contributed by atoms with E-state index in [1.807, 2.05) is 0 Å². The number of hydrogen-bond donors (Lipinski definition) is 1. The van der Waals surface area contributed by atoms with Gasteiger partial charge in [0.2, 0.25) is 5.91 Å². The molecular weight excluding hydrogens is 350 g/mol. The number of rotatable bonds is 4. The predicted octanol–water partition coefficient (Wildman–Crippen LogP) is 1.58. The van der Waals surface area contributed by atoms with Gasteiger partial charge in [-0.05, 0) is 18.9 Å². The molecule has 1 saturated heterocycles. The highest BCUT2D eigenvalue weighted by Gasteiger charge is 2.39. The van der Waals surface area contributed by atoms with E-state index in [-0.39, 0.29) is 24.0 Å². The molecule has 2 aliphatic rings. The molecule has 1 aromatic carbocycles. The van der Waals surface area contributed by atoms with Crippen molar-refractivity contribution in [3.05, 3.63) is 35.4 Å². The van der Waals surface area contributed by atoms with Crippen molar-refractivity contribution < 1.29 is 22.0 Å². The minimum atomic E-state index is -3.00. The standard InChI is InChI=1S/C17H22F2N2O3S/c18-13-3-4-14(15(19)11-13)17(5-1-2-6-17)20-16(22)12-21-7-9-25(23,24)10-8-21/h3-4,11H,1-2,5-10,12H2,(H,20,22). The average Bonchev–Trinajstić information content (AvgIpc) is 2.98. The van der Waals surface area contributed by atoms with Crippen LogP contribution in [0.1, 0.15) is 31.2 Å². The van der Waals surface area contributed by atoms with E-state index in [9.17, 15) is 22.0 Å². The van der Waals surface area contributed by atoms with Crippen LogP contribution in [0.5, 0.6) is 0 Å². The van der Waals surface area contributed by atoms with Gasteiger partial charge in [0.25, 0.3) is 0 Å². The maximum absolute atomic E-state index is 14.3. The molecule has 8 heteroatoms. The summed E-state index contributed by atoms with van der Waals surface area (Å²) in [5, 5.41) is 2.94. The van der Waals surface area contributed by atoms with Crippen LogP contribution < -0.4 is 5.32 Å². The summed E-state index contributed by atoms with van der Waals surface area (Å²) in [6, 6.07) is 3.46. The fraction of sp³-hybridized carbons (Fsp3) is 0.588. The lowest BCUT2D eigenvalue weighted by molar-refractivity contribution is -0.124. The van der Waals surface area contributed by atoms with Gasteiger partial charge in [-0.1, -0.05) is 18.9 Å². The van der Waals surface area contributed by atoms with Gasteiger partial charge in [-0.3, -0.25) is 9.69 Å². The SMILES string of the molecule is O=C(CN1CCS(=O)(=O)CC1)NC1(c2ccc(F)cc2F)CCCC1. The summed E-state index contributed by atoms with van der Waals surface area (Å²) in [6.45, 7) is 0.738. The van der Waals surface area contributed by atoms with E-state index >= 15 is 0 Å². The zero-order chi connectivity index (χ0) is 18.1. The van der Waals surface area contributed by atoms with Crippen molar-refractivity contribution in [1.29, 1.82) is 0 Å². The zero-order valence-electron chi connectivity index (χ0n) is 13.9. The minimum absolute atomic E-state index is 0.0536. The van der Waals surface area contributed by atoms with Gasteiger partial charge in [-0.25, -0.2) is 17.2 Å². The highest BCUT2D eigenvalue weighted by molar-refractivity contribution is 7.91. The maximum atomic E-state index is 14.3. The molecule has 0 aromatic heterocycles. The number of amides is 1. The second-order valence-electron chi connectivity index (χ2n) is 6.89. The van der Waals surface area contributed by atoms with Crippen LogP contribution in [0.25, 0.3) is 0 Å². The molecule has 1 amide bonds. The molecule has 1 saturated carbocycles. The van der Waals surface area contributed by atoms with Crippen LogP contribution in [0.4, 0.5) is 8.78 Å². The van der Waals surface area contributed by atoms with Gasteiger partial charge in [0.05, 0.1) is 23.6 Å². The van der Waals surface area contributed by atoms with Crippen molar-refractivity contribution in [1.82, 2.24) is 10.2 Å². The highest BCUT2D eigenvalue weighted by atomic mass is 32.2. The van der Waals surface area contributed by atoms with Crippen LogP contribution in [-0.4, -0.2) is 50.4 Å². The van der Waals surface area contributed by atoms with E-state index in [0.29, 0.717) is 31.5 Å². The first-order valence-corrected chi connectivity index (χ1v) is 10.3. The molecule has 25 heavy (non-hydrogen) atoms. The Bertz CT molecular complexity index is 747. The summed E-state index contributed by atoms with van der Waals surface area (Å²) in [6.07, 6.45) is 2.93. The van der Waals surface area contributed by atoms with Crippen LogP contribution in [0.2, 0.25) is 0 Å². The van der Waals surface area contributed by atoms with Crippen LogP contribution in [-0.2, 0) is 20.2 Å². The summed E-state index contributed by atoms with van der Waals surface area (Å²) in [4.78, 5) is 14.3. The summed E-state index contributed by atoms with van der Waals surface area (Å²) >= 11 is 0. The Morgan fingerprint density at radius 2 is 1.80 bits per heavy atom. The van der Waals surface area contributed by atoms with E-state index in [0.717, 1.165) is 18.9 Å². The summed E-state index contributed by atoms with van der Waals surface area (Å²) < 4.78 is 50.4. The second-order valence-corrected chi connectivity index (χ2v) is 9.19. The lowest BCUT2D eigenvalue weighted by Gasteiger charge is -2.33. The van der Waals surface area contributed by atoms with Crippen LogP contribution >= 0.6 is 0 Å². The minimum Gasteiger partial charge on any atom is -0.345 e. The van der Waals surface area contributed by atoms with E-state index in [2.05, 4.69) is 5.32 Å². The van der Waals surface area contributed by atoms with Crippen LogP contribution in [0.15, 0.2) is 18.2 Å². The van der Waals surface area contributed by atoms with Gasteiger partial charge in [-0.2, -0.15) is 0 Å². The Hall–Kier alpha value is -1.54. The molecule has 0 bridgehead atoms. The van der Waals surface area contributed by atoms with Gasteiger partial charge < -0.3 is 5.32 Å². The van der Waals surface area contributed by atoms with Crippen molar-refractivity contribution in [2.45, 2.75) is 31.2 Å². The smallest absolute Gasteiger partial charge is 0.234 e. The maximum Gasteiger partial charge on any atom is 0.234 e. The molecule has 3 rings (SSSR count). The van der Waals surface area contributed by atoms with E-state index in [1.165, 1.54) is 12.1 Å². The Balaban J connectivity index is 1.70. The number of carbonyl (C=O) groups excluding carboxylic acids is 1. The zero-order valence-corrected chi connectivity index (χ0v) is 14.7. The van der Waals surface area contributed by atoms with Crippen molar-refractivity contribution in [2.75, 3.05) is 31.1 Å². The van der Waals surface area contributed by atoms with E-state index < -0.39 is 27.0 Å². The number of sulfone groups is 1. The molecular formula is C17H22F2N2O3S.